The first kappa shape index (κ1) is 40.1. The number of aliphatic hydroxyl groups excluding tert-OH is 1. The first-order chi connectivity index (χ1) is 20.5. The maximum Gasteiger partial charge on any atom is 0.306 e. The fourth-order valence-corrected chi connectivity index (χ4v) is 4.80. The molecule has 0 aliphatic carbocycles. The SMILES string of the molecule is CCCCCC/C=C/CCC(=O)CCCCCC(CCCCCC(=O)OC/C=C/CCCCCC)OC(=O)CCCO. The van der Waals surface area contributed by atoms with E-state index < -0.39 is 0 Å². The van der Waals surface area contributed by atoms with Crippen molar-refractivity contribution in [3.05, 3.63) is 24.3 Å². The van der Waals surface area contributed by atoms with Gasteiger partial charge in [-0.3, -0.25) is 14.4 Å². The highest BCUT2D eigenvalue weighted by molar-refractivity contribution is 5.78. The second kappa shape index (κ2) is 32.0. The van der Waals surface area contributed by atoms with Gasteiger partial charge >= 0.3 is 11.9 Å². The van der Waals surface area contributed by atoms with Crippen molar-refractivity contribution in [3.63, 3.8) is 0 Å². The molecule has 0 fully saturated rings. The highest BCUT2D eigenvalue weighted by Crippen LogP contribution is 2.17. The normalized spacial score (nSPS) is 12.3. The molecule has 1 unspecified atom stereocenters. The highest BCUT2D eigenvalue weighted by atomic mass is 16.5. The number of Topliss-reactive ketones (excluding diaryl/α,β-unsaturated/α-hetero) is 1. The number of aliphatic hydroxyl groups is 1. The van der Waals surface area contributed by atoms with E-state index in [1.54, 1.807) is 0 Å². The quantitative estimate of drug-likeness (QED) is 0.0490. The summed E-state index contributed by atoms with van der Waals surface area (Å²) in [4.78, 5) is 36.3. The molecule has 0 rings (SSSR count). The molecule has 0 bridgehead atoms. The van der Waals surface area contributed by atoms with Crippen LogP contribution < -0.4 is 0 Å². The summed E-state index contributed by atoms with van der Waals surface area (Å²) >= 11 is 0. The van der Waals surface area contributed by atoms with Crippen LogP contribution in [0.25, 0.3) is 0 Å². The van der Waals surface area contributed by atoms with Crippen molar-refractivity contribution in [2.75, 3.05) is 13.2 Å². The summed E-state index contributed by atoms with van der Waals surface area (Å²) in [5, 5.41) is 9.00. The average molecular weight is 593 g/mol. The summed E-state index contributed by atoms with van der Waals surface area (Å²) in [5.74, 6) is -0.0928. The van der Waals surface area contributed by atoms with E-state index in [0.29, 0.717) is 38.1 Å². The standard InChI is InChI=1S/C36H64O6/c1-3-5-7-9-11-12-14-18-25-33(38)26-19-16-20-27-34(42-36(40)30-24-31-37)28-21-17-22-29-35(39)41-32-23-15-13-10-8-6-4-2/h12,14-15,23,34,37H,3-11,13,16-22,24-32H2,1-2H3/b14-12+,23-15+. The topological polar surface area (TPSA) is 89.9 Å². The lowest BCUT2D eigenvalue weighted by Gasteiger charge is -2.18. The molecule has 0 aromatic rings. The molecule has 42 heavy (non-hydrogen) atoms. The molecule has 0 aromatic carbocycles. The first-order valence-corrected chi connectivity index (χ1v) is 17.3. The minimum Gasteiger partial charge on any atom is -0.462 e. The summed E-state index contributed by atoms with van der Waals surface area (Å²) < 4.78 is 11.0. The Balaban J connectivity index is 4.09. The first-order valence-electron chi connectivity index (χ1n) is 17.3. The number of ether oxygens (including phenoxy) is 2. The van der Waals surface area contributed by atoms with Gasteiger partial charge in [-0.1, -0.05) is 89.5 Å². The molecule has 0 saturated carbocycles. The molecule has 0 saturated heterocycles. The minimum absolute atomic E-state index is 0.0204. The minimum atomic E-state index is -0.260. The molecule has 0 amide bonds. The van der Waals surface area contributed by atoms with Gasteiger partial charge in [0.2, 0.25) is 0 Å². The Labute approximate surface area is 258 Å². The number of rotatable bonds is 31. The van der Waals surface area contributed by atoms with Crippen molar-refractivity contribution in [2.45, 2.75) is 174 Å². The molecule has 1 atom stereocenters. The third-order valence-electron chi connectivity index (χ3n) is 7.44. The number of ketones is 1. The molecular formula is C36H64O6. The Morgan fingerprint density at radius 1 is 0.571 bits per heavy atom. The van der Waals surface area contributed by atoms with E-state index in [1.807, 2.05) is 6.08 Å². The molecule has 0 aromatic heterocycles. The number of unbranched alkanes of at least 4 members (excludes halogenated alkanes) is 12. The predicted octanol–water partition coefficient (Wildman–Crippen LogP) is 9.52. The van der Waals surface area contributed by atoms with Gasteiger partial charge in [0.1, 0.15) is 18.5 Å². The van der Waals surface area contributed by atoms with Crippen LogP contribution in [0.5, 0.6) is 0 Å². The summed E-state index contributed by atoms with van der Waals surface area (Å²) in [6, 6.07) is 0. The van der Waals surface area contributed by atoms with Crippen LogP contribution in [0.2, 0.25) is 0 Å². The zero-order valence-corrected chi connectivity index (χ0v) is 27.3. The number of carbonyl (C=O) groups is 3. The number of hydrogen-bond donors (Lipinski definition) is 1. The van der Waals surface area contributed by atoms with Gasteiger partial charge < -0.3 is 14.6 Å². The van der Waals surface area contributed by atoms with Gasteiger partial charge in [-0.05, 0) is 77.0 Å². The van der Waals surface area contributed by atoms with Gasteiger partial charge in [-0.2, -0.15) is 0 Å². The van der Waals surface area contributed by atoms with Gasteiger partial charge in [0.05, 0.1) is 0 Å². The van der Waals surface area contributed by atoms with E-state index in [9.17, 15) is 14.4 Å². The third kappa shape index (κ3) is 29.5. The fourth-order valence-electron chi connectivity index (χ4n) is 4.80. The number of allylic oxidation sites excluding steroid dienone is 3. The average Bonchev–Trinajstić information content (AvgIpc) is 2.98. The van der Waals surface area contributed by atoms with E-state index in [2.05, 4.69) is 32.1 Å². The van der Waals surface area contributed by atoms with Crippen LogP contribution in [0.3, 0.4) is 0 Å². The van der Waals surface area contributed by atoms with E-state index in [0.717, 1.165) is 70.6 Å². The van der Waals surface area contributed by atoms with Crippen molar-refractivity contribution >= 4 is 17.7 Å². The van der Waals surface area contributed by atoms with Crippen molar-refractivity contribution in [3.8, 4) is 0 Å². The zero-order chi connectivity index (χ0) is 30.9. The summed E-state index contributed by atoms with van der Waals surface area (Å²) in [6.07, 6.45) is 30.4. The number of carbonyl (C=O) groups excluding carboxylic acids is 3. The van der Waals surface area contributed by atoms with Gasteiger partial charge in [0.25, 0.3) is 0 Å². The lowest BCUT2D eigenvalue weighted by Crippen LogP contribution is -2.18. The van der Waals surface area contributed by atoms with Crippen molar-refractivity contribution in [2.24, 2.45) is 0 Å². The third-order valence-corrected chi connectivity index (χ3v) is 7.44. The largest absolute Gasteiger partial charge is 0.462 e. The van der Waals surface area contributed by atoms with Crippen LogP contribution >= 0.6 is 0 Å². The van der Waals surface area contributed by atoms with Crippen LogP contribution in [0.4, 0.5) is 0 Å². The fraction of sp³-hybridized carbons (Fsp3) is 0.806. The smallest absolute Gasteiger partial charge is 0.306 e. The Bertz CT molecular complexity index is 651. The van der Waals surface area contributed by atoms with E-state index >= 15 is 0 Å². The van der Waals surface area contributed by atoms with Crippen molar-refractivity contribution in [1.82, 2.24) is 0 Å². The lowest BCUT2D eigenvalue weighted by atomic mass is 10.0. The zero-order valence-electron chi connectivity index (χ0n) is 27.3. The predicted molar refractivity (Wildman–Crippen MR) is 173 cm³/mol. The highest BCUT2D eigenvalue weighted by Gasteiger charge is 2.14. The van der Waals surface area contributed by atoms with Gasteiger partial charge in [-0.15, -0.1) is 0 Å². The van der Waals surface area contributed by atoms with E-state index in [-0.39, 0.29) is 31.1 Å². The van der Waals surface area contributed by atoms with E-state index in [4.69, 9.17) is 14.6 Å². The van der Waals surface area contributed by atoms with Crippen LogP contribution in [-0.2, 0) is 23.9 Å². The van der Waals surface area contributed by atoms with Gasteiger partial charge in [0, 0.05) is 32.3 Å². The number of hydrogen-bond acceptors (Lipinski definition) is 6. The van der Waals surface area contributed by atoms with Crippen LogP contribution in [0.15, 0.2) is 24.3 Å². The summed E-state index contributed by atoms with van der Waals surface area (Å²) in [5.41, 5.74) is 0. The maximum absolute atomic E-state index is 12.2. The molecule has 0 aliphatic heterocycles. The lowest BCUT2D eigenvalue weighted by molar-refractivity contribution is -0.150. The molecule has 0 spiro atoms. The summed E-state index contributed by atoms with van der Waals surface area (Å²) in [7, 11) is 0. The molecule has 6 nitrogen and oxygen atoms in total. The maximum atomic E-state index is 12.2. The Kier molecular flexibility index (Phi) is 30.5. The van der Waals surface area contributed by atoms with Crippen LogP contribution in [-0.4, -0.2) is 42.1 Å². The van der Waals surface area contributed by atoms with Crippen molar-refractivity contribution in [1.29, 1.82) is 0 Å². The van der Waals surface area contributed by atoms with Gasteiger partial charge in [-0.25, -0.2) is 0 Å². The monoisotopic (exact) mass is 592 g/mol. The second-order valence-corrected chi connectivity index (χ2v) is 11.5. The second-order valence-electron chi connectivity index (χ2n) is 11.5. The summed E-state index contributed by atoms with van der Waals surface area (Å²) in [6.45, 7) is 4.75. The molecule has 6 heteroatoms. The van der Waals surface area contributed by atoms with Crippen LogP contribution in [0.1, 0.15) is 168 Å². The van der Waals surface area contributed by atoms with Crippen molar-refractivity contribution < 1.29 is 29.0 Å². The Hall–Kier alpha value is -1.95. The van der Waals surface area contributed by atoms with Gasteiger partial charge in [0.15, 0.2) is 0 Å². The number of esters is 2. The van der Waals surface area contributed by atoms with Crippen LogP contribution in [0, 0.1) is 0 Å². The molecule has 0 aliphatic rings. The van der Waals surface area contributed by atoms with E-state index in [1.165, 1.54) is 51.4 Å². The molecule has 1 N–H and O–H groups in total. The molecule has 0 heterocycles. The molecule has 0 radical (unpaired) electrons. The molecular weight excluding hydrogens is 528 g/mol. The molecule has 244 valence electrons. The Morgan fingerprint density at radius 2 is 1.12 bits per heavy atom. The Morgan fingerprint density at radius 3 is 1.74 bits per heavy atom.